The number of morpholine rings is 1. The molecule has 3 aromatic rings. The summed E-state index contributed by atoms with van der Waals surface area (Å²) in [6.45, 7) is 3.50. The maximum absolute atomic E-state index is 13.8. The van der Waals surface area contributed by atoms with E-state index in [2.05, 4.69) is 0 Å². The molecule has 35 heavy (non-hydrogen) atoms. The van der Waals surface area contributed by atoms with Crippen molar-refractivity contribution in [1.29, 1.82) is 0 Å². The van der Waals surface area contributed by atoms with Crippen LogP contribution in [0.25, 0.3) is 0 Å². The van der Waals surface area contributed by atoms with Crippen LogP contribution >= 0.6 is 34.5 Å². The predicted octanol–water partition coefficient (Wildman–Crippen LogP) is 5.35. The molecule has 1 amide bonds. The monoisotopic (exact) mass is 552 g/mol. The molecule has 0 spiro atoms. The Hall–Kier alpha value is -1.94. The topological polar surface area (TPSA) is 66.9 Å². The number of amides is 1. The van der Waals surface area contributed by atoms with Crippen LogP contribution in [0.1, 0.15) is 27.7 Å². The molecule has 1 fully saturated rings. The number of carbonyl (C=O) groups excluding carboxylic acids is 1. The summed E-state index contributed by atoms with van der Waals surface area (Å²) < 4.78 is 33.2. The van der Waals surface area contributed by atoms with Crippen molar-refractivity contribution >= 4 is 50.5 Å². The Morgan fingerprint density at radius 2 is 1.83 bits per heavy atom. The van der Waals surface area contributed by atoms with E-state index in [1.807, 2.05) is 36.6 Å². The van der Waals surface area contributed by atoms with E-state index < -0.39 is 10.0 Å². The molecule has 10 heteroatoms. The lowest BCUT2D eigenvalue weighted by Gasteiger charge is -2.30. The quantitative estimate of drug-likeness (QED) is 0.377. The number of ether oxygens (including phenoxy) is 1. The van der Waals surface area contributed by atoms with Crippen LogP contribution in [0.2, 0.25) is 10.0 Å². The maximum Gasteiger partial charge on any atom is 0.254 e. The largest absolute Gasteiger partial charge is 0.379 e. The molecule has 4 rings (SSSR count). The molecule has 1 aliphatic heterocycles. The molecular formula is C25H26Cl2N2O4S2. The third-order valence-electron chi connectivity index (χ3n) is 5.90. The van der Waals surface area contributed by atoms with Gasteiger partial charge >= 0.3 is 0 Å². The van der Waals surface area contributed by atoms with Gasteiger partial charge in [-0.15, -0.1) is 11.3 Å². The Kier molecular flexibility index (Phi) is 8.52. The van der Waals surface area contributed by atoms with Gasteiger partial charge in [0.15, 0.2) is 0 Å². The molecule has 186 valence electrons. The van der Waals surface area contributed by atoms with E-state index in [0.717, 1.165) is 10.4 Å². The number of halogens is 2. The van der Waals surface area contributed by atoms with Gasteiger partial charge in [-0.05, 0) is 54.3 Å². The molecule has 0 aliphatic carbocycles. The molecule has 1 saturated heterocycles. The number of hydrogen-bond acceptors (Lipinski definition) is 5. The third kappa shape index (κ3) is 6.25. The first-order valence-electron chi connectivity index (χ1n) is 11.2. The van der Waals surface area contributed by atoms with E-state index in [9.17, 15) is 13.2 Å². The van der Waals surface area contributed by atoms with Crippen molar-refractivity contribution in [3.63, 3.8) is 0 Å². The second-order valence-electron chi connectivity index (χ2n) is 8.35. The number of thiophene rings is 1. The van der Waals surface area contributed by atoms with Gasteiger partial charge in [0, 0.05) is 47.6 Å². The summed E-state index contributed by atoms with van der Waals surface area (Å²) in [5, 5.41) is 2.72. The summed E-state index contributed by atoms with van der Waals surface area (Å²) in [5.41, 5.74) is 1.20. The van der Waals surface area contributed by atoms with Gasteiger partial charge in [-0.25, -0.2) is 8.42 Å². The molecule has 1 aliphatic rings. The minimum atomic E-state index is -3.86. The first kappa shape index (κ1) is 26.1. The van der Waals surface area contributed by atoms with Crippen LogP contribution in [0.15, 0.2) is 64.9 Å². The van der Waals surface area contributed by atoms with Crippen LogP contribution in [-0.4, -0.2) is 55.9 Å². The standard InChI is InChI=1S/C25H26Cl2N2O4S2/c1-18(15-22-3-2-14-34-22)29(17-19-4-7-21(26)8-5-19)25(30)20-6-9-23(27)24(16-20)35(31,32)28-10-12-33-13-11-28/h2-9,14,16,18H,10-13,15,17H2,1H3/t18-/m1/s1. The van der Waals surface area contributed by atoms with E-state index in [1.165, 1.54) is 16.4 Å². The average molecular weight is 554 g/mol. The first-order chi connectivity index (χ1) is 16.8. The van der Waals surface area contributed by atoms with Gasteiger partial charge in [-0.1, -0.05) is 41.4 Å². The van der Waals surface area contributed by atoms with E-state index in [4.69, 9.17) is 27.9 Å². The molecular weight excluding hydrogens is 527 g/mol. The van der Waals surface area contributed by atoms with E-state index in [-0.39, 0.29) is 40.5 Å². The second-order valence-corrected chi connectivity index (χ2v) is 12.1. The van der Waals surface area contributed by atoms with Gasteiger partial charge in [0.1, 0.15) is 4.90 Å². The highest BCUT2D eigenvalue weighted by Gasteiger charge is 2.30. The van der Waals surface area contributed by atoms with E-state index in [0.29, 0.717) is 31.2 Å². The zero-order chi connectivity index (χ0) is 25.0. The first-order valence-corrected chi connectivity index (χ1v) is 14.3. The molecule has 2 heterocycles. The number of sulfonamides is 1. The minimum Gasteiger partial charge on any atom is -0.379 e. The highest BCUT2D eigenvalue weighted by molar-refractivity contribution is 7.89. The van der Waals surface area contributed by atoms with Crippen LogP contribution in [-0.2, 0) is 27.7 Å². The lowest BCUT2D eigenvalue weighted by Crippen LogP contribution is -2.41. The fourth-order valence-corrected chi connectivity index (χ4v) is 6.83. The van der Waals surface area contributed by atoms with Gasteiger partial charge in [-0.2, -0.15) is 4.31 Å². The van der Waals surface area contributed by atoms with Crippen LogP contribution in [0, 0.1) is 0 Å². The maximum atomic E-state index is 13.8. The summed E-state index contributed by atoms with van der Waals surface area (Å²) in [6.07, 6.45) is 0.684. The van der Waals surface area contributed by atoms with Crippen LogP contribution in [0.4, 0.5) is 0 Å². The lowest BCUT2D eigenvalue weighted by atomic mass is 10.1. The molecule has 0 bridgehead atoms. The Labute approximate surface area is 220 Å². The molecule has 1 atom stereocenters. The number of hydrogen-bond donors (Lipinski definition) is 0. The zero-order valence-corrected chi connectivity index (χ0v) is 22.3. The molecule has 0 saturated carbocycles. The molecule has 0 N–H and O–H groups in total. The predicted molar refractivity (Wildman–Crippen MR) is 140 cm³/mol. The Morgan fingerprint density at radius 3 is 2.49 bits per heavy atom. The average Bonchev–Trinajstić information content (AvgIpc) is 3.37. The van der Waals surface area contributed by atoms with Crippen LogP contribution in [0.3, 0.4) is 0 Å². The summed E-state index contributed by atoms with van der Waals surface area (Å²) >= 11 is 14.0. The van der Waals surface area contributed by atoms with E-state index >= 15 is 0 Å². The number of carbonyl (C=O) groups is 1. The minimum absolute atomic E-state index is 0.0655. The Bertz CT molecular complexity index is 1260. The van der Waals surface area contributed by atoms with Crippen molar-refractivity contribution in [3.8, 4) is 0 Å². The Morgan fingerprint density at radius 1 is 1.11 bits per heavy atom. The van der Waals surface area contributed by atoms with Gasteiger partial charge in [-0.3, -0.25) is 4.79 Å². The highest BCUT2D eigenvalue weighted by atomic mass is 35.5. The van der Waals surface area contributed by atoms with Crippen molar-refractivity contribution in [2.75, 3.05) is 26.3 Å². The van der Waals surface area contributed by atoms with Gasteiger partial charge in [0.25, 0.3) is 5.91 Å². The SMILES string of the molecule is C[C@H](Cc1cccs1)N(Cc1ccc(Cl)cc1)C(=O)c1ccc(Cl)c(S(=O)(=O)N2CCOCC2)c1. The van der Waals surface area contributed by atoms with Crippen molar-refractivity contribution in [2.24, 2.45) is 0 Å². The van der Waals surface area contributed by atoms with Gasteiger partial charge in [0.05, 0.1) is 18.2 Å². The van der Waals surface area contributed by atoms with Gasteiger partial charge < -0.3 is 9.64 Å². The summed E-state index contributed by atoms with van der Waals surface area (Å²) in [6, 6.07) is 15.7. The number of rotatable bonds is 8. The lowest BCUT2D eigenvalue weighted by molar-refractivity contribution is 0.0675. The fourth-order valence-electron chi connectivity index (χ4n) is 3.97. The number of nitrogens with zero attached hydrogens (tertiary/aromatic N) is 2. The van der Waals surface area contributed by atoms with Crippen molar-refractivity contribution in [3.05, 3.63) is 86.0 Å². The molecule has 2 aromatic carbocycles. The molecule has 0 radical (unpaired) electrons. The summed E-state index contributed by atoms with van der Waals surface area (Å²) in [7, 11) is -3.86. The summed E-state index contributed by atoms with van der Waals surface area (Å²) in [4.78, 5) is 16.6. The Balaban J connectivity index is 1.66. The van der Waals surface area contributed by atoms with Crippen LogP contribution in [0.5, 0.6) is 0 Å². The van der Waals surface area contributed by atoms with Crippen LogP contribution < -0.4 is 0 Å². The van der Waals surface area contributed by atoms with Crippen molar-refractivity contribution in [2.45, 2.75) is 30.8 Å². The number of benzene rings is 2. The van der Waals surface area contributed by atoms with Crippen molar-refractivity contribution in [1.82, 2.24) is 9.21 Å². The molecule has 0 unspecified atom stereocenters. The van der Waals surface area contributed by atoms with Crippen molar-refractivity contribution < 1.29 is 17.9 Å². The zero-order valence-electron chi connectivity index (χ0n) is 19.2. The normalized spacial score (nSPS) is 15.6. The smallest absolute Gasteiger partial charge is 0.254 e. The van der Waals surface area contributed by atoms with Gasteiger partial charge in [0.2, 0.25) is 10.0 Å². The molecule has 1 aromatic heterocycles. The third-order valence-corrected chi connectivity index (χ3v) is 9.43. The summed E-state index contributed by atoms with van der Waals surface area (Å²) in [5.74, 6) is -0.265. The second kappa shape index (κ2) is 11.4. The fraction of sp³-hybridized carbons (Fsp3) is 0.320. The molecule has 6 nitrogen and oxygen atoms in total. The van der Waals surface area contributed by atoms with E-state index in [1.54, 1.807) is 34.4 Å². The highest BCUT2D eigenvalue weighted by Crippen LogP contribution is 2.28.